The number of aryl methyl sites for hydroxylation is 1. The van der Waals surface area contributed by atoms with Crippen molar-refractivity contribution < 1.29 is 14.7 Å². The Balaban J connectivity index is 2.30. The van der Waals surface area contributed by atoms with E-state index < -0.39 is 5.41 Å². The van der Waals surface area contributed by atoms with Crippen LogP contribution in [-0.2, 0) is 16.0 Å². The molecule has 1 aliphatic heterocycles. The fraction of sp³-hybridized carbons (Fsp3) is 0.529. The summed E-state index contributed by atoms with van der Waals surface area (Å²) in [5.41, 5.74) is 1.06. The third kappa shape index (κ3) is 2.86. The van der Waals surface area contributed by atoms with Crippen LogP contribution in [0.15, 0.2) is 24.3 Å². The molecule has 1 N–H and O–H groups in total. The number of anilines is 1. The quantitative estimate of drug-likeness (QED) is 0.847. The predicted octanol–water partition coefficient (Wildman–Crippen LogP) is 2.54. The largest absolute Gasteiger partial charge is 0.396 e. The zero-order chi connectivity index (χ0) is 15.6. The van der Waals surface area contributed by atoms with Crippen molar-refractivity contribution in [2.45, 2.75) is 40.0 Å². The molecule has 114 valence electrons. The molecule has 1 unspecified atom stereocenters. The molecular formula is C17H23NO3. The van der Waals surface area contributed by atoms with Gasteiger partial charge < -0.3 is 5.11 Å². The second-order valence-electron chi connectivity index (χ2n) is 6.28. The predicted molar refractivity (Wildman–Crippen MR) is 81.9 cm³/mol. The lowest BCUT2D eigenvalue weighted by molar-refractivity contribution is -0.126. The van der Waals surface area contributed by atoms with Crippen LogP contribution in [-0.4, -0.2) is 23.5 Å². The van der Waals surface area contributed by atoms with Crippen molar-refractivity contribution in [1.29, 1.82) is 0 Å². The Morgan fingerprint density at radius 1 is 1.33 bits per heavy atom. The van der Waals surface area contributed by atoms with Crippen molar-refractivity contribution in [3.05, 3.63) is 29.8 Å². The number of carbonyl (C=O) groups excluding carboxylic acids is 2. The van der Waals surface area contributed by atoms with Crippen LogP contribution in [0.4, 0.5) is 5.69 Å². The first kappa shape index (κ1) is 15.7. The van der Waals surface area contributed by atoms with Gasteiger partial charge in [-0.3, -0.25) is 14.5 Å². The zero-order valence-electron chi connectivity index (χ0n) is 12.9. The molecule has 0 bridgehead atoms. The monoisotopic (exact) mass is 289 g/mol. The molecule has 0 spiro atoms. The highest BCUT2D eigenvalue weighted by Crippen LogP contribution is 2.41. The van der Waals surface area contributed by atoms with Crippen LogP contribution in [0, 0.1) is 11.3 Å². The summed E-state index contributed by atoms with van der Waals surface area (Å²) in [4.78, 5) is 26.3. The van der Waals surface area contributed by atoms with Crippen molar-refractivity contribution in [2.24, 2.45) is 11.3 Å². The minimum absolute atomic E-state index is 0.109. The summed E-state index contributed by atoms with van der Waals surface area (Å²) in [6, 6.07) is 7.47. The fourth-order valence-corrected chi connectivity index (χ4v) is 2.68. The average Bonchev–Trinajstić information content (AvgIpc) is 2.68. The summed E-state index contributed by atoms with van der Waals surface area (Å²) >= 11 is 0. The van der Waals surface area contributed by atoms with E-state index in [1.165, 1.54) is 4.90 Å². The molecule has 2 amide bonds. The van der Waals surface area contributed by atoms with Crippen LogP contribution in [0.2, 0.25) is 0 Å². The topological polar surface area (TPSA) is 57.6 Å². The van der Waals surface area contributed by atoms with E-state index >= 15 is 0 Å². The molecule has 1 aliphatic rings. The first-order chi connectivity index (χ1) is 9.90. The lowest BCUT2D eigenvalue weighted by Gasteiger charge is -2.26. The molecule has 1 atom stereocenters. The Hall–Kier alpha value is -1.68. The first-order valence-corrected chi connectivity index (χ1v) is 7.47. The van der Waals surface area contributed by atoms with Crippen molar-refractivity contribution in [3.8, 4) is 0 Å². The molecule has 1 heterocycles. The van der Waals surface area contributed by atoms with Gasteiger partial charge in [-0.1, -0.05) is 26.0 Å². The summed E-state index contributed by atoms with van der Waals surface area (Å²) in [5.74, 6) is -0.117. The van der Waals surface area contributed by atoms with E-state index in [0.29, 0.717) is 12.1 Å². The minimum Gasteiger partial charge on any atom is -0.396 e. The second kappa shape index (κ2) is 5.98. The number of benzene rings is 1. The second-order valence-corrected chi connectivity index (χ2v) is 6.28. The molecular weight excluding hydrogens is 266 g/mol. The van der Waals surface area contributed by atoms with Gasteiger partial charge >= 0.3 is 0 Å². The summed E-state index contributed by atoms with van der Waals surface area (Å²) < 4.78 is 0. The number of hydrogen-bond donors (Lipinski definition) is 1. The summed E-state index contributed by atoms with van der Waals surface area (Å²) in [6.07, 6.45) is 1.68. The van der Waals surface area contributed by atoms with E-state index in [9.17, 15) is 9.59 Å². The van der Waals surface area contributed by atoms with Gasteiger partial charge in [-0.2, -0.15) is 0 Å². The fourth-order valence-electron chi connectivity index (χ4n) is 2.68. The van der Waals surface area contributed by atoms with Crippen LogP contribution < -0.4 is 4.90 Å². The number of rotatable bonds is 5. The number of hydrogen-bond acceptors (Lipinski definition) is 3. The van der Waals surface area contributed by atoms with E-state index in [1.807, 2.05) is 39.0 Å². The van der Waals surface area contributed by atoms with Crippen LogP contribution in [0.1, 0.15) is 39.2 Å². The SMILES string of the molecule is CC(C)C1(C)CC(=O)N(c2cccc(CCCO)c2)C1=O. The Morgan fingerprint density at radius 3 is 2.62 bits per heavy atom. The molecule has 0 aromatic heterocycles. The van der Waals surface area contributed by atoms with Gasteiger partial charge in [-0.25, -0.2) is 0 Å². The molecule has 1 aromatic rings. The highest BCUT2D eigenvalue weighted by molar-refractivity contribution is 6.22. The van der Waals surface area contributed by atoms with Crippen LogP contribution >= 0.6 is 0 Å². The van der Waals surface area contributed by atoms with Crippen molar-refractivity contribution in [1.82, 2.24) is 0 Å². The lowest BCUT2D eigenvalue weighted by Crippen LogP contribution is -2.36. The summed E-state index contributed by atoms with van der Waals surface area (Å²) in [5, 5.41) is 8.90. The van der Waals surface area contributed by atoms with Crippen LogP contribution in [0.25, 0.3) is 0 Å². The van der Waals surface area contributed by atoms with Gasteiger partial charge in [-0.05, 0) is 43.4 Å². The maximum atomic E-state index is 12.7. The maximum absolute atomic E-state index is 12.7. The zero-order valence-corrected chi connectivity index (χ0v) is 12.9. The highest BCUT2D eigenvalue weighted by atomic mass is 16.3. The van der Waals surface area contributed by atoms with E-state index in [4.69, 9.17) is 5.11 Å². The molecule has 4 nitrogen and oxygen atoms in total. The standard InChI is InChI=1S/C17H23NO3/c1-12(2)17(3)11-15(20)18(16(17)21)14-8-4-6-13(10-14)7-5-9-19/h4,6,8,10,12,19H,5,7,9,11H2,1-3H3. The van der Waals surface area contributed by atoms with Crippen molar-refractivity contribution in [2.75, 3.05) is 11.5 Å². The van der Waals surface area contributed by atoms with Gasteiger partial charge in [0.15, 0.2) is 0 Å². The van der Waals surface area contributed by atoms with E-state index in [0.717, 1.165) is 12.0 Å². The normalized spacial score (nSPS) is 22.4. The number of amides is 2. The molecule has 1 fully saturated rings. The molecule has 0 aliphatic carbocycles. The Labute approximate surface area is 125 Å². The third-order valence-electron chi connectivity index (χ3n) is 4.53. The van der Waals surface area contributed by atoms with E-state index in [1.54, 1.807) is 6.07 Å². The molecule has 0 saturated carbocycles. The summed E-state index contributed by atoms with van der Waals surface area (Å²) in [7, 11) is 0. The Morgan fingerprint density at radius 2 is 2.05 bits per heavy atom. The van der Waals surface area contributed by atoms with Crippen LogP contribution in [0.5, 0.6) is 0 Å². The molecule has 0 radical (unpaired) electrons. The van der Waals surface area contributed by atoms with Gasteiger partial charge in [0.05, 0.1) is 11.1 Å². The molecule has 1 aromatic carbocycles. The average molecular weight is 289 g/mol. The lowest BCUT2D eigenvalue weighted by atomic mass is 9.78. The van der Waals surface area contributed by atoms with Gasteiger partial charge in [-0.15, -0.1) is 0 Å². The first-order valence-electron chi connectivity index (χ1n) is 7.47. The summed E-state index contributed by atoms with van der Waals surface area (Å²) in [6.45, 7) is 5.96. The molecule has 21 heavy (non-hydrogen) atoms. The van der Waals surface area contributed by atoms with Gasteiger partial charge in [0.25, 0.3) is 0 Å². The number of nitrogens with zero attached hydrogens (tertiary/aromatic N) is 1. The van der Waals surface area contributed by atoms with Gasteiger partial charge in [0, 0.05) is 13.0 Å². The number of aliphatic hydroxyl groups is 1. The Kier molecular flexibility index (Phi) is 4.47. The molecule has 1 saturated heterocycles. The molecule has 4 heteroatoms. The maximum Gasteiger partial charge on any atom is 0.240 e. The Bertz CT molecular complexity index is 553. The number of carbonyl (C=O) groups is 2. The van der Waals surface area contributed by atoms with E-state index in [2.05, 4.69) is 0 Å². The molecule has 2 rings (SSSR count). The number of imide groups is 1. The number of aliphatic hydroxyl groups excluding tert-OH is 1. The van der Waals surface area contributed by atoms with Crippen LogP contribution in [0.3, 0.4) is 0 Å². The van der Waals surface area contributed by atoms with Crippen molar-refractivity contribution in [3.63, 3.8) is 0 Å². The van der Waals surface area contributed by atoms with E-state index in [-0.39, 0.29) is 30.8 Å². The third-order valence-corrected chi connectivity index (χ3v) is 4.53. The minimum atomic E-state index is -0.613. The van der Waals surface area contributed by atoms with Gasteiger partial charge in [0.1, 0.15) is 0 Å². The van der Waals surface area contributed by atoms with Gasteiger partial charge in [0.2, 0.25) is 11.8 Å². The highest BCUT2D eigenvalue weighted by Gasteiger charge is 2.50. The smallest absolute Gasteiger partial charge is 0.240 e. The van der Waals surface area contributed by atoms with Crippen molar-refractivity contribution >= 4 is 17.5 Å².